The predicted molar refractivity (Wildman–Crippen MR) is 156 cm³/mol. The summed E-state index contributed by atoms with van der Waals surface area (Å²) in [5, 5.41) is 16.1. The van der Waals surface area contributed by atoms with Gasteiger partial charge in [-0.25, -0.2) is 4.99 Å². The van der Waals surface area contributed by atoms with E-state index in [4.69, 9.17) is 19.6 Å². The molecule has 10 heteroatoms. The van der Waals surface area contributed by atoms with Gasteiger partial charge >= 0.3 is 0 Å². The minimum atomic E-state index is -1.37. The van der Waals surface area contributed by atoms with Crippen LogP contribution in [0.4, 0.5) is 5.69 Å². The molecule has 40 heavy (non-hydrogen) atoms. The first-order valence-electron chi connectivity index (χ1n) is 13.3. The molecule has 9 nitrogen and oxygen atoms in total. The normalized spacial score (nSPS) is 19.8. The number of hydrogen-bond acceptors (Lipinski definition) is 6. The van der Waals surface area contributed by atoms with E-state index in [2.05, 4.69) is 31.3 Å². The largest absolute Gasteiger partial charge is 0.494 e. The Morgan fingerprint density at radius 2 is 1.90 bits per heavy atom. The number of amides is 1. The predicted octanol–water partition coefficient (Wildman–Crippen LogP) is 6.18. The summed E-state index contributed by atoms with van der Waals surface area (Å²) < 4.78 is 13.1. The van der Waals surface area contributed by atoms with Gasteiger partial charge in [-0.15, -0.1) is 0 Å². The number of hydrogen-bond donors (Lipinski definition) is 2. The van der Waals surface area contributed by atoms with Crippen molar-refractivity contribution < 1.29 is 19.4 Å². The van der Waals surface area contributed by atoms with Crippen LogP contribution in [0.5, 0.6) is 5.75 Å². The Hall–Kier alpha value is -3.85. The number of azide groups is 1. The lowest BCUT2D eigenvalue weighted by Gasteiger charge is -2.31. The van der Waals surface area contributed by atoms with Gasteiger partial charge in [0.1, 0.15) is 5.75 Å². The summed E-state index contributed by atoms with van der Waals surface area (Å²) in [6.07, 6.45) is 2.14. The van der Waals surface area contributed by atoms with Crippen LogP contribution in [0.2, 0.25) is 0 Å². The number of rotatable bonds is 12. The van der Waals surface area contributed by atoms with Crippen molar-refractivity contribution in [2.24, 2.45) is 16.0 Å². The lowest BCUT2D eigenvalue weighted by Crippen LogP contribution is -2.50. The van der Waals surface area contributed by atoms with Gasteiger partial charge in [0.25, 0.3) is 5.91 Å². The highest BCUT2D eigenvalue weighted by Crippen LogP contribution is 2.46. The van der Waals surface area contributed by atoms with E-state index in [1.54, 1.807) is 12.1 Å². The van der Waals surface area contributed by atoms with Gasteiger partial charge in [-0.1, -0.05) is 63.5 Å². The topological polar surface area (TPSA) is 129 Å². The van der Waals surface area contributed by atoms with Crippen molar-refractivity contribution in [1.29, 1.82) is 0 Å². The number of halogens is 1. The maximum Gasteiger partial charge on any atom is 0.252 e. The van der Waals surface area contributed by atoms with Crippen molar-refractivity contribution in [1.82, 2.24) is 5.32 Å². The molecule has 0 bridgehead atoms. The summed E-state index contributed by atoms with van der Waals surface area (Å²) >= 11 is 3.64. The van der Waals surface area contributed by atoms with E-state index < -0.39 is 11.6 Å². The molecule has 2 aliphatic rings. The Morgan fingerprint density at radius 3 is 2.62 bits per heavy atom. The molecule has 3 aromatic carbocycles. The third-order valence-corrected chi connectivity index (χ3v) is 7.84. The number of aliphatic hydroxyl groups excluding tert-OH is 1. The zero-order valence-electron chi connectivity index (χ0n) is 21.9. The highest BCUT2D eigenvalue weighted by molar-refractivity contribution is 9.10. The Kier molecular flexibility index (Phi) is 8.69. The molecule has 5 rings (SSSR count). The van der Waals surface area contributed by atoms with Crippen molar-refractivity contribution in [3.05, 3.63) is 104 Å². The third-order valence-electron chi connectivity index (χ3n) is 7.07. The van der Waals surface area contributed by atoms with Gasteiger partial charge < -0.3 is 19.9 Å². The summed E-state index contributed by atoms with van der Waals surface area (Å²) in [5.74, 6) is 1.20. The van der Waals surface area contributed by atoms with E-state index in [0.717, 1.165) is 22.9 Å². The fourth-order valence-corrected chi connectivity index (χ4v) is 5.18. The number of carbonyl (C=O) groups is 1. The fraction of sp³-hybridized carbons (Fsp3) is 0.333. The average molecular weight is 605 g/mol. The molecular weight excluding hydrogens is 574 g/mol. The highest BCUT2D eigenvalue weighted by Gasteiger charge is 2.54. The van der Waals surface area contributed by atoms with E-state index in [9.17, 15) is 10.3 Å². The van der Waals surface area contributed by atoms with E-state index in [1.807, 2.05) is 60.7 Å². The molecule has 0 spiro atoms. The minimum Gasteiger partial charge on any atom is -0.494 e. The molecule has 2 N–H and O–H groups in total. The first-order chi connectivity index (χ1) is 19.5. The average Bonchev–Trinajstić information content (AvgIpc) is 3.73. The smallest absolute Gasteiger partial charge is 0.252 e. The SMILES string of the molecule is [N-]=[N+]=Nc1ccccc1[C@H]1OC(c2ccc(OCCCO)cc2)=N[C@@]1(Cc1ccccc1Br)C(=O)NCC1CC1. The van der Waals surface area contributed by atoms with Crippen LogP contribution in [0.1, 0.15) is 42.1 Å². The van der Waals surface area contributed by atoms with E-state index in [0.29, 0.717) is 54.0 Å². The number of aliphatic hydroxyl groups is 1. The molecule has 0 saturated heterocycles. The number of nitrogens with one attached hydrogen (secondary N) is 1. The fourth-order valence-electron chi connectivity index (χ4n) is 4.75. The Morgan fingerprint density at radius 1 is 1.15 bits per heavy atom. The Labute approximate surface area is 241 Å². The number of carbonyl (C=O) groups excluding carboxylic acids is 1. The van der Waals surface area contributed by atoms with Gasteiger partial charge in [-0.2, -0.15) is 0 Å². The molecule has 1 heterocycles. The van der Waals surface area contributed by atoms with Crippen LogP contribution in [0.3, 0.4) is 0 Å². The van der Waals surface area contributed by atoms with E-state index >= 15 is 0 Å². The zero-order chi connectivity index (χ0) is 28.0. The third kappa shape index (κ3) is 6.14. The monoisotopic (exact) mass is 603 g/mol. The highest BCUT2D eigenvalue weighted by atomic mass is 79.9. The van der Waals surface area contributed by atoms with Crippen LogP contribution in [0.25, 0.3) is 10.4 Å². The van der Waals surface area contributed by atoms with Gasteiger partial charge in [-0.3, -0.25) is 4.79 Å². The molecular formula is C30H30BrN5O4. The molecule has 0 aromatic heterocycles. The maximum absolute atomic E-state index is 14.2. The first-order valence-corrected chi connectivity index (χ1v) is 14.1. The van der Waals surface area contributed by atoms with Crippen LogP contribution in [0, 0.1) is 5.92 Å². The van der Waals surface area contributed by atoms with Gasteiger partial charge in [0, 0.05) is 52.2 Å². The van der Waals surface area contributed by atoms with Gasteiger partial charge in [0.15, 0.2) is 11.6 Å². The van der Waals surface area contributed by atoms with Gasteiger partial charge in [0.05, 0.1) is 6.61 Å². The summed E-state index contributed by atoms with van der Waals surface area (Å²) in [4.78, 5) is 22.2. The number of aliphatic imine (C=N–C) groups is 1. The van der Waals surface area contributed by atoms with Gasteiger partial charge in [0.2, 0.25) is 5.90 Å². The van der Waals surface area contributed by atoms with Crippen molar-refractivity contribution in [3.8, 4) is 5.75 Å². The second-order valence-electron chi connectivity index (χ2n) is 9.96. The van der Waals surface area contributed by atoms with E-state index in [1.165, 1.54) is 0 Å². The number of benzene rings is 3. The van der Waals surface area contributed by atoms with Crippen molar-refractivity contribution in [3.63, 3.8) is 0 Å². The van der Waals surface area contributed by atoms with Crippen LogP contribution in [-0.4, -0.2) is 42.2 Å². The first kappa shape index (κ1) is 27.7. The zero-order valence-corrected chi connectivity index (χ0v) is 23.5. The number of nitrogens with zero attached hydrogens (tertiary/aromatic N) is 4. The lowest BCUT2D eigenvalue weighted by molar-refractivity contribution is -0.129. The maximum atomic E-state index is 14.2. The van der Waals surface area contributed by atoms with Gasteiger partial charge in [-0.05, 0) is 60.2 Å². The van der Waals surface area contributed by atoms with Crippen molar-refractivity contribution >= 4 is 33.4 Å². The molecule has 1 amide bonds. The van der Waals surface area contributed by atoms with Crippen molar-refractivity contribution in [2.75, 3.05) is 19.8 Å². The summed E-state index contributed by atoms with van der Waals surface area (Å²) in [5.41, 5.74) is 10.4. The quantitative estimate of drug-likeness (QED) is 0.111. The summed E-state index contributed by atoms with van der Waals surface area (Å²) in [7, 11) is 0. The summed E-state index contributed by atoms with van der Waals surface area (Å²) in [6.45, 7) is 1.04. The number of ether oxygens (including phenoxy) is 2. The molecule has 2 atom stereocenters. The minimum absolute atomic E-state index is 0.0594. The van der Waals surface area contributed by atoms with E-state index in [-0.39, 0.29) is 18.9 Å². The standard InChI is InChI=1S/C30H30BrN5O4/c31-25-8-3-1-6-22(25)18-30(29(38)33-19-20-10-11-20)27(24-7-2-4-9-26(24)35-36-32)40-28(34-30)21-12-14-23(15-13-21)39-17-5-16-37/h1-4,6-9,12-15,20,27,37H,5,10-11,16-19H2,(H,33,38)/t27-,30-/m1/s1. The molecule has 1 saturated carbocycles. The van der Waals surface area contributed by atoms with Crippen LogP contribution in [-0.2, 0) is 16.0 Å². The van der Waals surface area contributed by atoms with Crippen LogP contribution < -0.4 is 10.1 Å². The van der Waals surface area contributed by atoms with Crippen LogP contribution >= 0.6 is 15.9 Å². The van der Waals surface area contributed by atoms with Crippen LogP contribution in [0.15, 0.2) is 87.4 Å². The molecule has 1 fully saturated rings. The Balaban J connectivity index is 1.60. The summed E-state index contributed by atoms with van der Waals surface area (Å²) in [6, 6.07) is 22.2. The molecule has 1 aliphatic heterocycles. The molecule has 206 valence electrons. The molecule has 0 radical (unpaired) electrons. The Bertz CT molecular complexity index is 1440. The lowest BCUT2D eigenvalue weighted by atomic mass is 9.81. The molecule has 0 unspecified atom stereocenters. The van der Waals surface area contributed by atoms with Crippen molar-refractivity contribution in [2.45, 2.75) is 37.3 Å². The molecule has 3 aromatic rings. The molecule has 1 aliphatic carbocycles. The second-order valence-corrected chi connectivity index (χ2v) is 10.8. The second kappa shape index (κ2) is 12.6.